The quantitative estimate of drug-likeness (QED) is 0.350. The molecule has 176 valence electrons. The minimum absolute atomic E-state index is 0.0747. The molecule has 0 bridgehead atoms. The zero-order chi connectivity index (χ0) is 23.8. The topological polar surface area (TPSA) is 78.3 Å². The summed E-state index contributed by atoms with van der Waals surface area (Å²) < 4.78 is 13.0. The highest BCUT2D eigenvalue weighted by Gasteiger charge is 2.16. The number of nitrogens with zero attached hydrogens (tertiary/aromatic N) is 3. The van der Waals surface area contributed by atoms with Crippen LogP contribution in [-0.4, -0.2) is 46.2 Å². The molecule has 0 aliphatic carbocycles. The maximum atomic E-state index is 12.2. The molecule has 1 N–H and O–H groups in total. The van der Waals surface area contributed by atoms with Crippen LogP contribution in [0.15, 0.2) is 53.7 Å². The third kappa shape index (κ3) is 6.99. The van der Waals surface area contributed by atoms with E-state index >= 15 is 0 Å². The molecule has 1 heterocycles. The SMILES string of the molecule is CCOc1ccc(OCCNC(=O)CSc2nnc(-c3ccc(C(C)(C)C)cc3)n2C)cc1. The lowest BCUT2D eigenvalue weighted by Gasteiger charge is -2.19. The minimum atomic E-state index is -0.0747. The van der Waals surface area contributed by atoms with Gasteiger partial charge in [0.15, 0.2) is 11.0 Å². The first-order valence-corrected chi connectivity index (χ1v) is 12.0. The molecule has 0 atom stereocenters. The lowest BCUT2D eigenvalue weighted by molar-refractivity contribution is -0.118. The number of rotatable bonds is 10. The molecule has 0 aliphatic rings. The summed E-state index contributed by atoms with van der Waals surface area (Å²) >= 11 is 1.36. The molecule has 0 unspecified atom stereocenters. The predicted molar refractivity (Wildman–Crippen MR) is 132 cm³/mol. The lowest BCUT2D eigenvalue weighted by atomic mass is 9.87. The van der Waals surface area contributed by atoms with Gasteiger partial charge in [0.2, 0.25) is 5.91 Å². The molecule has 3 rings (SSSR count). The Kier molecular flexibility index (Phi) is 8.38. The van der Waals surface area contributed by atoms with E-state index in [-0.39, 0.29) is 17.1 Å². The second-order valence-electron chi connectivity index (χ2n) is 8.58. The van der Waals surface area contributed by atoms with Gasteiger partial charge >= 0.3 is 0 Å². The Morgan fingerprint density at radius 1 is 1.00 bits per heavy atom. The maximum Gasteiger partial charge on any atom is 0.230 e. The summed E-state index contributed by atoms with van der Waals surface area (Å²) in [6, 6.07) is 15.8. The number of carbonyl (C=O) groups excluding carboxylic acids is 1. The fraction of sp³-hybridized carbons (Fsp3) is 0.400. The van der Waals surface area contributed by atoms with Crippen LogP contribution in [0.4, 0.5) is 0 Å². The first-order chi connectivity index (χ1) is 15.8. The van der Waals surface area contributed by atoms with Crippen LogP contribution in [-0.2, 0) is 17.3 Å². The highest BCUT2D eigenvalue weighted by Crippen LogP contribution is 2.27. The first-order valence-electron chi connectivity index (χ1n) is 11.0. The Labute approximate surface area is 199 Å². The van der Waals surface area contributed by atoms with Gasteiger partial charge in [0.05, 0.1) is 18.9 Å². The summed E-state index contributed by atoms with van der Waals surface area (Å²) in [7, 11) is 1.91. The highest BCUT2D eigenvalue weighted by atomic mass is 32.2. The van der Waals surface area contributed by atoms with Crippen molar-refractivity contribution in [3.63, 3.8) is 0 Å². The normalized spacial score (nSPS) is 11.3. The Morgan fingerprint density at radius 2 is 1.64 bits per heavy atom. The molecule has 7 nitrogen and oxygen atoms in total. The monoisotopic (exact) mass is 468 g/mol. The fourth-order valence-electron chi connectivity index (χ4n) is 3.15. The van der Waals surface area contributed by atoms with Crippen LogP contribution in [0.3, 0.4) is 0 Å². The number of hydrogen-bond acceptors (Lipinski definition) is 6. The van der Waals surface area contributed by atoms with Gasteiger partial charge in [-0.3, -0.25) is 4.79 Å². The van der Waals surface area contributed by atoms with Crippen LogP contribution in [0.2, 0.25) is 0 Å². The Bertz CT molecular complexity index is 1040. The van der Waals surface area contributed by atoms with Crippen molar-refractivity contribution in [3.8, 4) is 22.9 Å². The molecule has 2 aromatic carbocycles. The molecule has 0 saturated heterocycles. The second-order valence-corrected chi connectivity index (χ2v) is 9.53. The smallest absolute Gasteiger partial charge is 0.230 e. The number of amides is 1. The van der Waals surface area contributed by atoms with E-state index in [9.17, 15) is 4.79 Å². The van der Waals surface area contributed by atoms with E-state index in [1.807, 2.05) is 42.8 Å². The highest BCUT2D eigenvalue weighted by molar-refractivity contribution is 7.99. The van der Waals surface area contributed by atoms with Gasteiger partial charge in [-0.25, -0.2) is 0 Å². The molecule has 8 heteroatoms. The van der Waals surface area contributed by atoms with E-state index in [1.165, 1.54) is 17.3 Å². The van der Waals surface area contributed by atoms with Crippen molar-refractivity contribution in [2.45, 2.75) is 38.3 Å². The van der Waals surface area contributed by atoms with E-state index < -0.39 is 0 Å². The van der Waals surface area contributed by atoms with Crippen molar-refractivity contribution in [1.29, 1.82) is 0 Å². The zero-order valence-corrected chi connectivity index (χ0v) is 20.7. The molecule has 0 saturated carbocycles. The van der Waals surface area contributed by atoms with E-state index in [0.29, 0.717) is 24.9 Å². The Balaban J connectivity index is 1.43. The van der Waals surface area contributed by atoms with Crippen molar-refractivity contribution < 1.29 is 14.3 Å². The molecule has 1 amide bonds. The van der Waals surface area contributed by atoms with Crippen molar-refractivity contribution >= 4 is 17.7 Å². The van der Waals surface area contributed by atoms with Crippen molar-refractivity contribution in [1.82, 2.24) is 20.1 Å². The summed E-state index contributed by atoms with van der Waals surface area (Å²) in [5.74, 6) is 2.52. The average molecular weight is 469 g/mol. The summed E-state index contributed by atoms with van der Waals surface area (Å²) in [6.07, 6.45) is 0. The predicted octanol–water partition coefficient (Wildman–Crippen LogP) is 4.47. The largest absolute Gasteiger partial charge is 0.494 e. The van der Waals surface area contributed by atoms with E-state index in [4.69, 9.17) is 9.47 Å². The van der Waals surface area contributed by atoms with Crippen molar-refractivity contribution in [2.75, 3.05) is 25.5 Å². The van der Waals surface area contributed by atoms with E-state index in [1.54, 1.807) is 0 Å². The molecule has 1 aromatic heterocycles. The summed E-state index contributed by atoms with van der Waals surface area (Å²) in [5, 5.41) is 12.1. The van der Waals surface area contributed by atoms with Crippen LogP contribution >= 0.6 is 11.8 Å². The van der Waals surface area contributed by atoms with Gasteiger partial charge in [-0.05, 0) is 42.2 Å². The molecule has 0 radical (unpaired) electrons. The number of nitrogens with one attached hydrogen (secondary N) is 1. The van der Waals surface area contributed by atoms with Crippen LogP contribution in [0.1, 0.15) is 33.3 Å². The van der Waals surface area contributed by atoms with Gasteiger partial charge in [0.25, 0.3) is 0 Å². The summed E-state index contributed by atoms with van der Waals surface area (Å²) in [6.45, 7) is 9.97. The number of aromatic nitrogens is 3. The van der Waals surface area contributed by atoms with Crippen LogP contribution in [0, 0.1) is 0 Å². The summed E-state index contributed by atoms with van der Waals surface area (Å²) in [4.78, 5) is 12.2. The Hall–Kier alpha value is -3.00. The van der Waals surface area contributed by atoms with Gasteiger partial charge in [-0.1, -0.05) is 56.8 Å². The maximum absolute atomic E-state index is 12.2. The molecular weight excluding hydrogens is 436 g/mol. The van der Waals surface area contributed by atoms with Crippen LogP contribution in [0.5, 0.6) is 11.5 Å². The first kappa shape index (κ1) is 24.6. The summed E-state index contributed by atoms with van der Waals surface area (Å²) in [5.41, 5.74) is 2.37. The number of ether oxygens (including phenoxy) is 2. The molecule has 0 aliphatic heterocycles. The van der Waals surface area contributed by atoms with Gasteiger partial charge in [-0.2, -0.15) is 0 Å². The van der Waals surface area contributed by atoms with Gasteiger partial charge in [0.1, 0.15) is 18.1 Å². The van der Waals surface area contributed by atoms with Gasteiger partial charge in [0, 0.05) is 12.6 Å². The second kappa shape index (κ2) is 11.2. The van der Waals surface area contributed by atoms with E-state index in [2.05, 4.69) is 60.6 Å². The number of thioether (sulfide) groups is 1. The van der Waals surface area contributed by atoms with Crippen molar-refractivity contribution in [3.05, 3.63) is 54.1 Å². The minimum Gasteiger partial charge on any atom is -0.494 e. The van der Waals surface area contributed by atoms with E-state index in [0.717, 1.165) is 22.9 Å². The third-order valence-electron chi connectivity index (χ3n) is 5.00. The van der Waals surface area contributed by atoms with Crippen LogP contribution < -0.4 is 14.8 Å². The van der Waals surface area contributed by atoms with Crippen molar-refractivity contribution in [2.24, 2.45) is 7.05 Å². The van der Waals surface area contributed by atoms with Gasteiger partial charge < -0.3 is 19.4 Å². The zero-order valence-electron chi connectivity index (χ0n) is 19.9. The third-order valence-corrected chi connectivity index (χ3v) is 6.02. The average Bonchev–Trinajstić information content (AvgIpc) is 3.16. The molecular formula is C25H32N4O3S. The molecule has 33 heavy (non-hydrogen) atoms. The standard InChI is InChI=1S/C25H32N4O3S/c1-6-31-20-11-13-21(14-12-20)32-16-15-26-22(30)17-33-24-28-27-23(29(24)5)18-7-9-19(10-8-18)25(2,3)4/h7-14H,6,15-17H2,1-5H3,(H,26,30). The Morgan fingerprint density at radius 3 is 2.24 bits per heavy atom. The number of hydrogen-bond donors (Lipinski definition) is 1. The number of benzene rings is 2. The lowest BCUT2D eigenvalue weighted by Crippen LogP contribution is -2.29. The molecule has 0 spiro atoms. The molecule has 3 aromatic rings. The van der Waals surface area contributed by atoms with Gasteiger partial charge in [-0.15, -0.1) is 10.2 Å². The van der Waals surface area contributed by atoms with Crippen LogP contribution in [0.25, 0.3) is 11.4 Å². The molecule has 0 fully saturated rings. The number of carbonyl (C=O) groups is 1. The fourth-order valence-corrected chi connectivity index (χ4v) is 3.89.